The fourth-order valence-corrected chi connectivity index (χ4v) is 5.12. The van der Waals surface area contributed by atoms with Crippen LogP contribution in [0.5, 0.6) is 5.75 Å². The molecule has 10 heteroatoms. The van der Waals surface area contributed by atoms with Crippen molar-refractivity contribution in [3.63, 3.8) is 0 Å². The number of rotatable bonds is 7. The van der Waals surface area contributed by atoms with Gasteiger partial charge in [-0.25, -0.2) is 4.39 Å². The normalized spacial score (nSPS) is 16.4. The maximum Gasteiger partial charge on any atom is 0.265 e. The first kappa shape index (κ1) is 27.4. The number of carbonyl (C=O) groups is 2. The van der Waals surface area contributed by atoms with E-state index in [-0.39, 0.29) is 41.8 Å². The highest BCUT2D eigenvalue weighted by atomic mass is 35.5. The summed E-state index contributed by atoms with van der Waals surface area (Å²) in [5.74, 6) is -0.451. The third kappa shape index (κ3) is 6.20. The van der Waals surface area contributed by atoms with Crippen LogP contribution in [0.25, 0.3) is 11.1 Å². The van der Waals surface area contributed by atoms with Gasteiger partial charge in [-0.3, -0.25) is 19.4 Å². The maximum atomic E-state index is 13.6. The molecule has 3 aromatic rings. The maximum absolute atomic E-state index is 13.6. The largest absolute Gasteiger partial charge is 0.482 e. The molecule has 2 heterocycles. The molecule has 0 N–H and O–H groups in total. The van der Waals surface area contributed by atoms with Gasteiger partial charge in [0.25, 0.3) is 5.91 Å². The average Bonchev–Trinajstić information content (AvgIpc) is 2.95. The first-order valence-corrected chi connectivity index (χ1v) is 13.4. The summed E-state index contributed by atoms with van der Waals surface area (Å²) in [6.07, 6.45) is 0. The van der Waals surface area contributed by atoms with E-state index in [1.165, 1.54) is 17.0 Å². The molecule has 2 amide bonds. The zero-order valence-electron chi connectivity index (χ0n) is 21.4. The number of amides is 2. The standard InChI is InChI=1S/C29H28Cl2FN3O4/c1-33(28(36)17-35-25-14-23(30)24(31)15-27(25)39-18-29(35)37)26(16-34-10-12-38-13-11-34)21-4-2-19(3-5-21)20-6-8-22(32)9-7-20/h2-9,14-15,26H,10-13,16-18H2,1H3. The summed E-state index contributed by atoms with van der Waals surface area (Å²) in [6, 6.07) is 17.1. The second-order valence-corrected chi connectivity index (χ2v) is 10.4. The van der Waals surface area contributed by atoms with E-state index in [0.29, 0.717) is 36.2 Å². The molecular weight excluding hydrogens is 544 g/mol. The molecule has 2 aliphatic heterocycles. The van der Waals surface area contributed by atoms with Gasteiger partial charge in [-0.1, -0.05) is 59.6 Å². The van der Waals surface area contributed by atoms with Crippen molar-refractivity contribution in [3.8, 4) is 16.9 Å². The molecule has 0 saturated carbocycles. The number of ether oxygens (including phenoxy) is 2. The van der Waals surface area contributed by atoms with E-state index in [1.807, 2.05) is 24.3 Å². The van der Waals surface area contributed by atoms with Crippen LogP contribution in [0.2, 0.25) is 10.0 Å². The zero-order chi connectivity index (χ0) is 27.5. The summed E-state index contributed by atoms with van der Waals surface area (Å²) in [5, 5.41) is 0.578. The number of anilines is 1. The molecule has 204 valence electrons. The van der Waals surface area contributed by atoms with E-state index in [9.17, 15) is 14.0 Å². The fraction of sp³-hybridized carbons (Fsp3) is 0.310. The highest BCUT2D eigenvalue weighted by molar-refractivity contribution is 6.42. The molecule has 0 radical (unpaired) electrons. The lowest BCUT2D eigenvalue weighted by Gasteiger charge is -2.37. The molecule has 0 spiro atoms. The van der Waals surface area contributed by atoms with Gasteiger partial charge < -0.3 is 14.4 Å². The third-order valence-electron chi connectivity index (χ3n) is 7.11. The molecule has 1 unspecified atom stereocenters. The Labute approximate surface area is 236 Å². The van der Waals surface area contributed by atoms with Crippen molar-refractivity contribution in [2.45, 2.75) is 6.04 Å². The predicted octanol–water partition coefficient (Wildman–Crippen LogP) is 5.06. The van der Waals surface area contributed by atoms with Crippen molar-refractivity contribution in [3.05, 3.63) is 82.1 Å². The highest BCUT2D eigenvalue weighted by Gasteiger charge is 2.32. The fourth-order valence-electron chi connectivity index (χ4n) is 4.81. The molecule has 0 aliphatic carbocycles. The molecule has 1 atom stereocenters. The van der Waals surface area contributed by atoms with E-state index in [1.54, 1.807) is 36.2 Å². The van der Waals surface area contributed by atoms with Gasteiger partial charge in [0, 0.05) is 32.7 Å². The molecule has 0 bridgehead atoms. The van der Waals surface area contributed by atoms with E-state index in [2.05, 4.69) is 4.90 Å². The van der Waals surface area contributed by atoms with Gasteiger partial charge in [0.1, 0.15) is 18.1 Å². The quantitative estimate of drug-likeness (QED) is 0.397. The zero-order valence-corrected chi connectivity index (χ0v) is 22.9. The topological polar surface area (TPSA) is 62.3 Å². The summed E-state index contributed by atoms with van der Waals surface area (Å²) < 4.78 is 24.4. The minimum absolute atomic E-state index is 0.170. The van der Waals surface area contributed by atoms with Crippen LogP contribution < -0.4 is 9.64 Å². The minimum atomic E-state index is -0.337. The number of nitrogens with zero attached hydrogens (tertiary/aromatic N) is 3. The summed E-state index contributed by atoms with van der Waals surface area (Å²) in [6.45, 7) is 3.05. The Morgan fingerprint density at radius 3 is 2.28 bits per heavy atom. The first-order chi connectivity index (χ1) is 18.8. The van der Waals surface area contributed by atoms with Crippen LogP contribution in [0, 0.1) is 5.82 Å². The van der Waals surface area contributed by atoms with Crippen molar-refractivity contribution < 1.29 is 23.5 Å². The molecule has 5 rings (SSSR count). The van der Waals surface area contributed by atoms with E-state index < -0.39 is 0 Å². The van der Waals surface area contributed by atoms with Gasteiger partial charge in [-0.2, -0.15) is 0 Å². The average molecular weight is 572 g/mol. The van der Waals surface area contributed by atoms with Crippen LogP contribution in [0.4, 0.5) is 10.1 Å². The summed E-state index contributed by atoms with van der Waals surface area (Å²) in [4.78, 5) is 31.8. The molecule has 3 aromatic carbocycles. The Hall–Kier alpha value is -3.17. The van der Waals surface area contributed by atoms with Crippen LogP contribution in [0.3, 0.4) is 0 Å². The number of benzene rings is 3. The lowest BCUT2D eigenvalue weighted by Crippen LogP contribution is -2.48. The van der Waals surface area contributed by atoms with Gasteiger partial charge in [0.2, 0.25) is 5.91 Å². The predicted molar refractivity (Wildman–Crippen MR) is 149 cm³/mol. The smallest absolute Gasteiger partial charge is 0.265 e. The highest BCUT2D eigenvalue weighted by Crippen LogP contribution is 2.39. The van der Waals surface area contributed by atoms with Gasteiger partial charge in [-0.05, 0) is 34.9 Å². The second kappa shape index (κ2) is 11.9. The van der Waals surface area contributed by atoms with Crippen molar-refractivity contribution >= 4 is 40.7 Å². The lowest BCUT2D eigenvalue weighted by atomic mass is 9.99. The number of halogens is 3. The lowest BCUT2D eigenvalue weighted by molar-refractivity contribution is -0.133. The number of hydrogen-bond acceptors (Lipinski definition) is 5. The molecule has 1 saturated heterocycles. The number of morpholine rings is 1. The molecule has 1 fully saturated rings. The van der Waals surface area contributed by atoms with Crippen LogP contribution in [0.1, 0.15) is 11.6 Å². The summed E-state index contributed by atoms with van der Waals surface area (Å²) >= 11 is 12.3. The number of carbonyl (C=O) groups excluding carboxylic acids is 2. The van der Waals surface area contributed by atoms with Crippen LogP contribution in [-0.4, -0.2) is 74.7 Å². The van der Waals surface area contributed by atoms with Crippen molar-refractivity contribution in [1.29, 1.82) is 0 Å². The van der Waals surface area contributed by atoms with Crippen molar-refractivity contribution in [2.24, 2.45) is 0 Å². The monoisotopic (exact) mass is 571 g/mol. The van der Waals surface area contributed by atoms with Crippen molar-refractivity contribution in [2.75, 3.05) is 57.9 Å². The molecule has 39 heavy (non-hydrogen) atoms. The van der Waals surface area contributed by atoms with Crippen LogP contribution in [-0.2, 0) is 14.3 Å². The van der Waals surface area contributed by atoms with Crippen LogP contribution in [0.15, 0.2) is 60.7 Å². The number of fused-ring (bicyclic) bond motifs is 1. The van der Waals surface area contributed by atoms with Gasteiger partial charge in [0.05, 0.1) is 35.0 Å². The molecular formula is C29H28Cl2FN3O4. The summed E-state index contributed by atoms with van der Waals surface area (Å²) in [5.41, 5.74) is 3.21. The van der Waals surface area contributed by atoms with E-state index in [4.69, 9.17) is 32.7 Å². The van der Waals surface area contributed by atoms with Gasteiger partial charge >= 0.3 is 0 Å². The Morgan fingerprint density at radius 2 is 1.62 bits per heavy atom. The SMILES string of the molecule is CN(C(=O)CN1C(=O)COc2cc(Cl)c(Cl)cc21)C(CN1CCOCC1)c1ccc(-c2ccc(F)cc2)cc1. The van der Waals surface area contributed by atoms with Gasteiger partial charge in [0.15, 0.2) is 6.61 Å². The Morgan fingerprint density at radius 1 is 1.00 bits per heavy atom. The first-order valence-electron chi connectivity index (χ1n) is 12.6. The number of likely N-dealkylation sites (N-methyl/N-ethyl adjacent to an activating group) is 1. The Kier molecular flexibility index (Phi) is 8.37. The van der Waals surface area contributed by atoms with Gasteiger partial charge in [-0.15, -0.1) is 0 Å². The Bertz CT molecular complexity index is 1350. The third-order valence-corrected chi connectivity index (χ3v) is 7.83. The summed E-state index contributed by atoms with van der Waals surface area (Å²) in [7, 11) is 1.75. The molecule has 2 aliphatic rings. The molecule has 0 aromatic heterocycles. The van der Waals surface area contributed by atoms with E-state index >= 15 is 0 Å². The second-order valence-electron chi connectivity index (χ2n) is 9.56. The number of hydrogen-bond donors (Lipinski definition) is 0. The van der Waals surface area contributed by atoms with E-state index in [0.717, 1.165) is 29.8 Å². The Balaban J connectivity index is 1.39. The van der Waals surface area contributed by atoms with Crippen LogP contribution >= 0.6 is 23.2 Å². The molecule has 7 nitrogen and oxygen atoms in total. The van der Waals surface area contributed by atoms with Crippen molar-refractivity contribution in [1.82, 2.24) is 9.80 Å². The minimum Gasteiger partial charge on any atom is -0.482 e.